The van der Waals surface area contributed by atoms with Gasteiger partial charge in [0, 0.05) is 11.1 Å². The summed E-state index contributed by atoms with van der Waals surface area (Å²) in [5.41, 5.74) is 2.95. The van der Waals surface area contributed by atoms with Crippen molar-refractivity contribution in [1.29, 1.82) is 0 Å². The molecule has 0 unspecified atom stereocenters. The third kappa shape index (κ3) is 4.19. The Hall–Kier alpha value is -3.86. The predicted molar refractivity (Wildman–Crippen MR) is 113 cm³/mol. The maximum atomic E-state index is 12.3. The van der Waals surface area contributed by atoms with Gasteiger partial charge >= 0.3 is 5.63 Å². The summed E-state index contributed by atoms with van der Waals surface area (Å²) < 4.78 is 10.9. The zero-order chi connectivity index (χ0) is 20.2. The van der Waals surface area contributed by atoms with E-state index in [1.54, 1.807) is 30.3 Å². The van der Waals surface area contributed by atoms with Crippen LogP contribution in [0.5, 0.6) is 5.75 Å². The average Bonchev–Trinajstić information content (AvgIpc) is 2.73. The second-order valence-corrected chi connectivity index (χ2v) is 6.67. The van der Waals surface area contributed by atoms with Crippen molar-refractivity contribution in [2.75, 3.05) is 11.9 Å². The van der Waals surface area contributed by atoms with Gasteiger partial charge in [0.15, 0.2) is 6.61 Å². The average molecular weight is 385 g/mol. The molecular formula is C24H19NO4. The van der Waals surface area contributed by atoms with Gasteiger partial charge in [0.05, 0.1) is 5.56 Å². The molecule has 0 aliphatic heterocycles. The number of hydrogen-bond acceptors (Lipinski definition) is 4. The summed E-state index contributed by atoms with van der Waals surface area (Å²) in [4.78, 5) is 24.4. The van der Waals surface area contributed by atoms with E-state index in [9.17, 15) is 9.59 Å². The van der Waals surface area contributed by atoms with Crippen molar-refractivity contribution in [1.82, 2.24) is 0 Å². The van der Waals surface area contributed by atoms with Gasteiger partial charge in [-0.3, -0.25) is 4.79 Å². The molecule has 0 fully saturated rings. The van der Waals surface area contributed by atoms with Crippen molar-refractivity contribution in [3.8, 4) is 16.9 Å². The van der Waals surface area contributed by atoms with E-state index in [0.29, 0.717) is 22.6 Å². The third-order valence-corrected chi connectivity index (χ3v) is 4.57. The first-order valence-electron chi connectivity index (χ1n) is 9.22. The fourth-order valence-electron chi connectivity index (χ4n) is 3.06. The lowest BCUT2D eigenvalue weighted by Crippen LogP contribution is -2.20. The number of nitrogens with one attached hydrogen (secondary N) is 1. The number of hydrogen-bond donors (Lipinski definition) is 1. The van der Waals surface area contributed by atoms with Gasteiger partial charge in [-0.15, -0.1) is 0 Å². The summed E-state index contributed by atoms with van der Waals surface area (Å²) in [6.07, 6.45) is 0. The summed E-state index contributed by atoms with van der Waals surface area (Å²) in [5.74, 6) is 0.423. The number of carbonyl (C=O) groups excluding carboxylic acids is 1. The fourth-order valence-corrected chi connectivity index (χ4v) is 3.06. The number of rotatable bonds is 5. The molecule has 0 atom stereocenters. The molecule has 4 aromatic rings. The van der Waals surface area contributed by atoms with Crippen molar-refractivity contribution < 1.29 is 13.9 Å². The van der Waals surface area contributed by atoms with E-state index in [0.717, 1.165) is 16.5 Å². The van der Waals surface area contributed by atoms with Crippen molar-refractivity contribution in [2.24, 2.45) is 0 Å². The third-order valence-electron chi connectivity index (χ3n) is 4.57. The molecule has 0 bridgehead atoms. The molecule has 0 spiro atoms. The molecule has 1 N–H and O–H groups in total. The second-order valence-electron chi connectivity index (χ2n) is 6.67. The number of aryl methyl sites for hydroxylation is 1. The summed E-state index contributed by atoms with van der Waals surface area (Å²) in [6, 6.07) is 23.8. The smallest absolute Gasteiger partial charge is 0.344 e. The molecule has 29 heavy (non-hydrogen) atoms. The van der Waals surface area contributed by atoms with Crippen LogP contribution in [-0.4, -0.2) is 12.5 Å². The van der Waals surface area contributed by atoms with Crippen molar-refractivity contribution >= 4 is 22.6 Å². The van der Waals surface area contributed by atoms with Gasteiger partial charge in [0.1, 0.15) is 11.3 Å². The topological polar surface area (TPSA) is 68.5 Å². The first kappa shape index (κ1) is 18.5. The molecule has 0 saturated heterocycles. The normalized spacial score (nSPS) is 10.7. The largest absolute Gasteiger partial charge is 0.483 e. The SMILES string of the molecule is Cc1ccccc1OCC(=O)Nc1ccc(-c2cc3ccccc3oc2=O)cc1. The summed E-state index contributed by atoms with van der Waals surface area (Å²) in [7, 11) is 0. The molecule has 0 aliphatic carbocycles. The molecule has 1 heterocycles. The summed E-state index contributed by atoms with van der Waals surface area (Å²) >= 11 is 0. The van der Waals surface area contributed by atoms with Crippen LogP contribution >= 0.6 is 0 Å². The minimum absolute atomic E-state index is 0.0825. The van der Waals surface area contributed by atoms with Crippen LogP contribution in [0.25, 0.3) is 22.1 Å². The Morgan fingerprint density at radius 3 is 2.48 bits per heavy atom. The van der Waals surface area contributed by atoms with Crippen LogP contribution in [0.2, 0.25) is 0 Å². The highest BCUT2D eigenvalue weighted by Crippen LogP contribution is 2.22. The van der Waals surface area contributed by atoms with Crippen molar-refractivity contribution in [3.63, 3.8) is 0 Å². The lowest BCUT2D eigenvalue weighted by molar-refractivity contribution is -0.118. The molecule has 0 saturated carbocycles. The number of ether oxygens (including phenoxy) is 1. The van der Waals surface area contributed by atoms with E-state index in [1.165, 1.54) is 0 Å². The van der Waals surface area contributed by atoms with Gasteiger partial charge in [-0.1, -0.05) is 48.5 Å². The quantitative estimate of drug-likeness (QED) is 0.502. The Morgan fingerprint density at radius 2 is 1.69 bits per heavy atom. The number of amides is 1. The highest BCUT2D eigenvalue weighted by Gasteiger charge is 2.09. The standard InChI is InChI=1S/C24H19NO4/c1-16-6-2-4-8-21(16)28-15-23(26)25-19-12-10-17(11-13-19)20-14-18-7-3-5-9-22(18)29-24(20)27/h2-14H,15H2,1H3,(H,25,26). The molecule has 5 heteroatoms. The molecule has 0 aliphatic rings. The first-order valence-corrected chi connectivity index (χ1v) is 9.22. The minimum atomic E-state index is -0.396. The number of anilines is 1. The Bertz CT molecular complexity index is 1230. The lowest BCUT2D eigenvalue weighted by Gasteiger charge is -2.10. The van der Waals surface area contributed by atoms with Crippen LogP contribution in [0.3, 0.4) is 0 Å². The van der Waals surface area contributed by atoms with Crippen LogP contribution < -0.4 is 15.7 Å². The van der Waals surface area contributed by atoms with Crippen LogP contribution in [0.4, 0.5) is 5.69 Å². The van der Waals surface area contributed by atoms with E-state index in [4.69, 9.17) is 9.15 Å². The fraction of sp³-hybridized carbons (Fsp3) is 0.0833. The molecule has 5 nitrogen and oxygen atoms in total. The van der Waals surface area contributed by atoms with Crippen molar-refractivity contribution in [3.05, 3.63) is 94.8 Å². The maximum absolute atomic E-state index is 12.3. The zero-order valence-corrected chi connectivity index (χ0v) is 15.8. The van der Waals surface area contributed by atoms with E-state index in [1.807, 2.05) is 55.5 Å². The van der Waals surface area contributed by atoms with Gasteiger partial charge in [-0.25, -0.2) is 4.79 Å². The molecule has 0 radical (unpaired) electrons. The molecular weight excluding hydrogens is 366 g/mol. The van der Waals surface area contributed by atoms with E-state index in [2.05, 4.69) is 5.32 Å². The Balaban J connectivity index is 1.45. The molecule has 1 amide bonds. The summed E-state index contributed by atoms with van der Waals surface area (Å²) in [6.45, 7) is 1.84. The maximum Gasteiger partial charge on any atom is 0.344 e. The second kappa shape index (κ2) is 8.02. The summed E-state index contributed by atoms with van der Waals surface area (Å²) in [5, 5.41) is 3.64. The molecule has 1 aromatic heterocycles. The minimum Gasteiger partial charge on any atom is -0.483 e. The van der Waals surface area contributed by atoms with E-state index >= 15 is 0 Å². The monoisotopic (exact) mass is 385 g/mol. The number of para-hydroxylation sites is 2. The number of carbonyl (C=O) groups is 1. The molecule has 4 rings (SSSR count). The Labute approximate surface area is 167 Å². The van der Waals surface area contributed by atoms with Crippen LogP contribution in [0.1, 0.15) is 5.56 Å². The van der Waals surface area contributed by atoms with Gasteiger partial charge in [-0.2, -0.15) is 0 Å². The zero-order valence-electron chi connectivity index (χ0n) is 15.8. The van der Waals surface area contributed by atoms with Gasteiger partial charge in [0.25, 0.3) is 5.91 Å². The highest BCUT2D eigenvalue weighted by atomic mass is 16.5. The van der Waals surface area contributed by atoms with E-state index < -0.39 is 5.63 Å². The molecule has 144 valence electrons. The van der Waals surface area contributed by atoms with E-state index in [-0.39, 0.29) is 12.5 Å². The number of benzene rings is 3. The van der Waals surface area contributed by atoms with Crippen LogP contribution in [0, 0.1) is 6.92 Å². The van der Waals surface area contributed by atoms with Gasteiger partial charge in [-0.05, 0) is 48.4 Å². The lowest BCUT2D eigenvalue weighted by atomic mass is 10.1. The van der Waals surface area contributed by atoms with Crippen LogP contribution in [0.15, 0.2) is 88.1 Å². The van der Waals surface area contributed by atoms with Crippen molar-refractivity contribution in [2.45, 2.75) is 6.92 Å². The predicted octanol–water partition coefficient (Wildman–Crippen LogP) is 4.79. The van der Waals surface area contributed by atoms with Crippen LogP contribution in [-0.2, 0) is 4.79 Å². The molecule has 3 aromatic carbocycles. The number of fused-ring (bicyclic) bond motifs is 1. The van der Waals surface area contributed by atoms with Gasteiger partial charge < -0.3 is 14.5 Å². The van der Waals surface area contributed by atoms with Gasteiger partial charge in [0.2, 0.25) is 0 Å². The highest BCUT2D eigenvalue weighted by molar-refractivity contribution is 5.92. The first-order chi connectivity index (χ1) is 14.1. The Kier molecular flexibility index (Phi) is 5.12. The Morgan fingerprint density at radius 1 is 0.966 bits per heavy atom.